The van der Waals surface area contributed by atoms with Gasteiger partial charge in [-0.05, 0) is 60.2 Å². The van der Waals surface area contributed by atoms with E-state index in [2.05, 4.69) is 104 Å². The molecule has 34 heavy (non-hydrogen) atoms. The summed E-state index contributed by atoms with van der Waals surface area (Å²) in [5.74, 6) is 0. The van der Waals surface area contributed by atoms with Crippen LogP contribution in [0.1, 0.15) is 0 Å². The van der Waals surface area contributed by atoms with Crippen LogP contribution in [-0.4, -0.2) is 13.7 Å². The van der Waals surface area contributed by atoms with E-state index in [0.717, 1.165) is 50.5 Å². The molecule has 0 spiro atoms. The summed E-state index contributed by atoms with van der Waals surface area (Å²) in [6.45, 7) is 0. The lowest BCUT2D eigenvalue weighted by Crippen LogP contribution is -2.09. The average Bonchev–Trinajstić information content (AvgIpc) is 3.41. The molecule has 5 heteroatoms. The SMILES string of the molecule is c1ccc(N(c2ccccc2)c2ccc(-c3ccc(-c4ccccn4)c4nsnc34)cc2)cc1. The molecule has 4 nitrogen and oxygen atoms in total. The number of nitrogens with zero attached hydrogens (tertiary/aromatic N) is 4. The van der Waals surface area contributed by atoms with Crippen molar-refractivity contribution in [2.75, 3.05) is 4.90 Å². The molecule has 2 aromatic heterocycles. The Hall–Kier alpha value is -4.35. The van der Waals surface area contributed by atoms with E-state index in [4.69, 9.17) is 0 Å². The van der Waals surface area contributed by atoms with E-state index in [1.54, 1.807) is 6.20 Å². The van der Waals surface area contributed by atoms with Crippen LogP contribution in [0, 0.1) is 0 Å². The maximum Gasteiger partial charge on any atom is 0.114 e. The molecule has 0 atom stereocenters. The largest absolute Gasteiger partial charge is 0.311 e. The van der Waals surface area contributed by atoms with Gasteiger partial charge in [-0.1, -0.05) is 60.7 Å². The second-order valence-electron chi connectivity index (χ2n) is 7.89. The first-order valence-corrected chi connectivity index (χ1v) is 11.8. The van der Waals surface area contributed by atoms with E-state index < -0.39 is 0 Å². The number of fused-ring (bicyclic) bond motifs is 1. The van der Waals surface area contributed by atoms with E-state index in [0.29, 0.717) is 0 Å². The van der Waals surface area contributed by atoms with Gasteiger partial charge >= 0.3 is 0 Å². The van der Waals surface area contributed by atoms with E-state index in [1.807, 2.05) is 30.3 Å². The third kappa shape index (κ3) is 3.72. The van der Waals surface area contributed by atoms with Crippen LogP contribution in [0.4, 0.5) is 17.1 Å². The topological polar surface area (TPSA) is 41.9 Å². The lowest BCUT2D eigenvalue weighted by molar-refractivity contribution is 1.28. The van der Waals surface area contributed by atoms with Crippen LogP contribution in [-0.2, 0) is 0 Å². The highest BCUT2D eigenvalue weighted by molar-refractivity contribution is 7.00. The molecule has 0 aliphatic carbocycles. The van der Waals surface area contributed by atoms with Crippen LogP contribution in [0.3, 0.4) is 0 Å². The molecule has 0 saturated carbocycles. The third-order valence-electron chi connectivity index (χ3n) is 5.82. The quantitative estimate of drug-likeness (QED) is 0.264. The number of anilines is 3. The number of hydrogen-bond acceptors (Lipinski definition) is 5. The number of hydrogen-bond donors (Lipinski definition) is 0. The van der Waals surface area contributed by atoms with Gasteiger partial charge in [-0.25, -0.2) is 0 Å². The predicted octanol–water partition coefficient (Wildman–Crippen LogP) is 7.89. The molecule has 6 aromatic rings. The molecular weight excluding hydrogens is 436 g/mol. The minimum absolute atomic E-state index is 0.889. The molecule has 0 aliphatic rings. The fourth-order valence-electron chi connectivity index (χ4n) is 4.22. The molecule has 0 unspecified atom stereocenters. The molecule has 0 aliphatic heterocycles. The highest BCUT2D eigenvalue weighted by atomic mass is 32.1. The lowest BCUT2D eigenvalue weighted by Gasteiger charge is -2.25. The van der Waals surface area contributed by atoms with Gasteiger partial charge in [-0.3, -0.25) is 4.98 Å². The van der Waals surface area contributed by atoms with Crippen LogP contribution in [0.5, 0.6) is 0 Å². The molecule has 0 amide bonds. The minimum Gasteiger partial charge on any atom is -0.311 e. The van der Waals surface area contributed by atoms with Crippen molar-refractivity contribution in [3.05, 3.63) is 121 Å². The van der Waals surface area contributed by atoms with E-state index in [9.17, 15) is 0 Å². The van der Waals surface area contributed by atoms with Crippen molar-refractivity contribution in [2.45, 2.75) is 0 Å². The van der Waals surface area contributed by atoms with Gasteiger partial charge in [0.15, 0.2) is 0 Å². The zero-order chi connectivity index (χ0) is 22.7. The average molecular weight is 457 g/mol. The first-order chi connectivity index (χ1) is 16.9. The van der Waals surface area contributed by atoms with Gasteiger partial charge in [-0.15, -0.1) is 0 Å². The monoisotopic (exact) mass is 456 g/mol. The Morgan fingerprint density at radius 3 is 1.68 bits per heavy atom. The Morgan fingerprint density at radius 1 is 0.500 bits per heavy atom. The van der Waals surface area contributed by atoms with Crippen molar-refractivity contribution in [2.24, 2.45) is 0 Å². The summed E-state index contributed by atoms with van der Waals surface area (Å²) < 4.78 is 9.21. The van der Waals surface area contributed by atoms with Gasteiger partial charge in [0.1, 0.15) is 11.0 Å². The minimum atomic E-state index is 0.889. The van der Waals surface area contributed by atoms with Crippen LogP contribution in [0.25, 0.3) is 33.4 Å². The van der Waals surface area contributed by atoms with Crippen LogP contribution in [0.15, 0.2) is 121 Å². The summed E-state index contributed by atoms with van der Waals surface area (Å²) in [5, 5.41) is 0. The maximum atomic E-state index is 4.63. The van der Waals surface area contributed by atoms with Crippen molar-refractivity contribution in [1.29, 1.82) is 0 Å². The molecule has 0 radical (unpaired) electrons. The van der Waals surface area contributed by atoms with Crippen LogP contribution >= 0.6 is 11.7 Å². The van der Waals surface area contributed by atoms with Gasteiger partial charge in [0.25, 0.3) is 0 Å². The van der Waals surface area contributed by atoms with Crippen LogP contribution < -0.4 is 4.90 Å². The van der Waals surface area contributed by atoms with Gasteiger partial charge in [-0.2, -0.15) is 8.75 Å². The van der Waals surface area contributed by atoms with E-state index in [1.165, 1.54) is 11.7 Å². The fourth-order valence-corrected chi connectivity index (χ4v) is 4.79. The highest BCUT2D eigenvalue weighted by Gasteiger charge is 2.15. The molecule has 162 valence electrons. The van der Waals surface area contributed by atoms with Gasteiger partial charge in [0.2, 0.25) is 0 Å². The third-order valence-corrected chi connectivity index (χ3v) is 6.35. The fraction of sp³-hybridized carbons (Fsp3) is 0. The number of benzene rings is 4. The van der Waals surface area contributed by atoms with Crippen molar-refractivity contribution in [3.8, 4) is 22.4 Å². The summed E-state index contributed by atoms with van der Waals surface area (Å²) in [6, 6.07) is 39.6. The Balaban J connectivity index is 1.41. The summed E-state index contributed by atoms with van der Waals surface area (Å²) >= 11 is 1.24. The number of rotatable bonds is 5. The van der Waals surface area contributed by atoms with Crippen LogP contribution in [0.2, 0.25) is 0 Å². The Kier molecular flexibility index (Phi) is 5.30. The Labute approximate surface area is 202 Å². The second-order valence-corrected chi connectivity index (χ2v) is 8.42. The van der Waals surface area contributed by atoms with E-state index in [-0.39, 0.29) is 0 Å². The normalized spacial score (nSPS) is 10.9. The highest BCUT2D eigenvalue weighted by Crippen LogP contribution is 2.37. The molecule has 0 saturated heterocycles. The summed E-state index contributed by atoms with van der Waals surface area (Å²) in [7, 11) is 0. The predicted molar refractivity (Wildman–Crippen MR) is 141 cm³/mol. The summed E-state index contributed by atoms with van der Waals surface area (Å²) in [4.78, 5) is 6.76. The zero-order valence-corrected chi connectivity index (χ0v) is 19.1. The van der Waals surface area contributed by atoms with Crippen molar-refractivity contribution < 1.29 is 0 Å². The standard InChI is InChI=1S/C29H20N4S/c1-3-9-22(10-4-1)33(23-11-5-2-6-12-23)24-16-14-21(15-17-24)25-18-19-26(27-13-7-8-20-30-27)29-28(25)31-34-32-29/h1-20H. The van der Waals surface area contributed by atoms with Crippen molar-refractivity contribution in [3.63, 3.8) is 0 Å². The molecular formula is C29H20N4S. The van der Waals surface area contributed by atoms with E-state index >= 15 is 0 Å². The van der Waals surface area contributed by atoms with Gasteiger partial charge < -0.3 is 4.90 Å². The summed E-state index contributed by atoms with van der Waals surface area (Å²) in [6.07, 6.45) is 1.80. The van der Waals surface area contributed by atoms with Gasteiger partial charge in [0, 0.05) is 34.4 Å². The molecule has 0 fully saturated rings. The van der Waals surface area contributed by atoms with Gasteiger partial charge in [0.05, 0.1) is 17.4 Å². The zero-order valence-electron chi connectivity index (χ0n) is 18.2. The molecule has 0 N–H and O–H groups in total. The van der Waals surface area contributed by atoms with Crippen molar-refractivity contribution in [1.82, 2.24) is 13.7 Å². The Bertz CT molecular complexity index is 1490. The summed E-state index contributed by atoms with van der Waals surface area (Å²) in [5.41, 5.74) is 9.21. The first-order valence-electron chi connectivity index (χ1n) is 11.1. The first kappa shape index (κ1) is 20.3. The smallest absolute Gasteiger partial charge is 0.114 e. The second kappa shape index (κ2) is 8.89. The molecule has 0 bridgehead atoms. The molecule has 2 heterocycles. The maximum absolute atomic E-state index is 4.63. The number of aromatic nitrogens is 3. The molecule has 6 rings (SSSR count). The Morgan fingerprint density at radius 2 is 1.06 bits per heavy atom. The van der Waals surface area contributed by atoms with Crippen molar-refractivity contribution >= 4 is 39.8 Å². The molecule has 4 aromatic carbocycles. The number of para-hydroxylation sites is 2. The lowest BCUT2D eigenvalue weighted by atomic mass is 9.99. The number of pyridine rings is 1.